The minimum Gasteiger partial charge on any atom is -0.480 e. The van der Waals surface area contributed by atoms with Gasteiger partial charge in [0.15, 0.2) is 0 Å². The Morgan fingerprint density at radius 2 is 2.22 bits per heavy atom. The van der Waals surface area contributed by atoms with Gasteiger partial charge in [0.1, 0.15) is 11.9 Å². The van der Waals surface area contributed by atoms with Gasteiger partial charge in [-0.15, -0.1) is 5.10 Å². The third kappa shape index (κ3) is 2.20. The largest absolute Gasteiger partial charge is 0.480 e. The normalized spacial score (nSPS) is 24.0. The van der Waals surface area contributed by atoms with Crippen LogP contribution in [-0.2, 0) is 4.79 Å². The molecule has 2 heterocycles. The number of carboxylic acids is 1. The molecule has 1 fully saturated rings. The van der Waals surface area contributed by atoms with E-state index in [0.717, 1.165) is 12.8 Å². The predicted octanol–water partition coefficient (Wildman–Crippen LogP) is 0.438. The number of piperidine rings is 1. The second-order valence-corrected chi connectivity index (χ2v) is 4.65. The summed E-state index contributed by atoms with van der Waals surface area (Å²) in [5.74, 6) is -0.871. The SMILES string of the molecule is Cc1nc(C(=O)N2CCCC(C)C2C(=O)O)n[nH]1. The maximum atomic E-state index is 12.2. The second-order valence-electron chi connectivity index (χ2n) is 4.65. The van der Waals surface area contributed by atoms with E-state index in [1.807, 2.05) is 6.92 Å². The number of hydrogen-bond donors (Lipinski definition) is 2. The summed E-state index contributed by atoms with van der Waals surface area (Å²) in [7, 11) is 0. The van der Waals surface area contributed by atoms with Crippen LogP contribution in [0.15, 0.2) is 0 Å². The minimum absolute atomic E-state index is 0.0350. The molecule has 0 bridgehead atoms. The van der Waals surface area contributed by atoms with Crippen molar-refractivity contribution in [1.29, 1.82) is 0 Å². The first-order chi connectivity index (χ1) is 8.50. The minimum atomic E-state index is -0.970. The molecule has 7 nitrogen and oxygen atoms in total. The van der Waals surface area contributed by atoms with Gasteiger partial charge in [0.05, 0.1) is 0 Å². The molecule has 2 N–H and O–H groups in total. The van der Waals surface area contributed by atoms with Crippen molar-refractivity contribution in [2.45, 2.75) is 32.7 Å². The highest BCUT2D eigenvalue weighted by atomic mass is 16.4. The molecule has 1 aromatic rings. The van der Waals surface area contributed by atoms with E-state index in [4.69, 9.17) is 0 Å². The smallest absolute Gasteiger partial charge is 0.326 e. The van der Waals surface area contributed by atoms with Crippen molar-refractivity contribution in [2.24, 2.45) is 5.92 Å². The van der Waals surface area contributed by atoms with Crippen LogP contribution in [0.2, 0.25) is 0 Å². The number of aliphatic carboxylic acids is 1. The van der Waals surface area contributed by atoms with Crippen LogP contribution < -0.4 is 0 Å². The van der Waals surface area contributed by atoms with E-state index in [0.29, 0.717) is 12.4 Å². The average molecular weight is 252 g/mol. The highest BCUT2D eigenvalue weighted by molar-refractivity contribution is 5.93. The first-order valence-corrected chi connectivity index (χ1v) is 5.93. The van der Waals surface area contributed by atoms with Gasteiger partial charge in [-0.2, -0.15) is 0 Å². The Morgan fingerprint density at radius 1 is 1.50 bits per heavy atom. The zero-order chi connectivity index (χ0) is 13.3. The topological polar surface area (TPSA) is 99.2 Å². The zero-order valence-corrected chi connectivity index (χ0v) is 10.4. The zero-order valence-electron chi connectivity index (χ0n) is 10.4. The molecule has 2 atom stereocenters. The van der Waals surface area contributed by atoms with Gasteiger partial charge < -0.3 is 10.0 Å². The monoisotopic (exact) mass is 252 g/mol. The molecule has 0 saturated carbocycles. The summed E-state index contributed by atoms with van der Waals surface area (Å²) in [4.78, 5) is 28.8. The molecule has 18 heavy (non-hydrogen) atoms. The predicted molar refractivity (Wildman–Crippen MR) is 62.0 cm³/mol. The summed E-state index contributed by atoms with van der Waals surface area (Å²) in [5.41, 5.74) is 0. The molecule has 1 saturated heterocycles. The number of H-pyrrole nitrogens is 1. The number of nitrogens with one attached hydrogen (secondary N) is 1. The van der Waals surface area contributed by atoms with E-state index in [-0.39, 0.29) is 11.7 Å². The van der Waals surface area contributed by atoms with E-state index in [9.17, 15) is 14.7 Å². The fourth-order valence-electron chi connectivity index (χ4n) is 2.36. The van der Waals surface area contributed by atoms with Crippen molar-refractivity contribution in [1.82, 2.24) is 20.1 Å². The Balaban J connectivity index is 2.24. The van der Waals surface area contributed by atoms with Crippen molar-refractivity contribution >= 4 is 11.9 Å². The van der Waals surface area contributed by atoms with Crippen molar-refractivity contribution in [3.63, 3.8) is 0 Å². The Labute approximate surface area is 104 Å². The highest BCUT2D eigenvalue weighted by Crippen LogP contribution is 2.24. The van der Waals surface area contributed by atoms with E-state index in [1.54, 1.807) is 6.92 Å². The molecular weight excluding hydrogens is 236 g/mol. The lowest BCUT2D eigenvalue weighted by Crippen LogP contribution is -2.52. The number of carbonyl (C=O) groups excluding carboxylic acids is 1. The number of carbonyl (C=O) groups is 2. The van der Waals surface area contributed by atoms with Crippen LogP contribution in [0.1, 0.15) is 36.2 Å². The molecule has 0 aliphatic carbocycles. The van der Waals surface area contributed by atoms with Gasteiger partial charge in [0, 0.05) is 6.54 Å². The van der Waals surface area contributed by atoms with E-state index in [2.05, 4.69) is 15.2 Å². The first-order valence-electron chi connectivity index (χ1n) is 5.93. The number of rotatable bonds is 2. The van der Waals surface area contributed by atoms with Crippen molar-refractivity contribution in [3.05, 3.63) is 11.6 Å². The molecule has 98 valence electrons. The molecule has 2 rings (SSSR count). The summed E-state index contributed by atoms with van der Waals surface area (Å²) in [6.07, 6.45) is 1.62. The number of nitrogens with zero attached hydrogens (tertiary/aromatic N) is 3. The number of carboxylic acid groups (broad SMARTS) is 1. The fourth-order valence-corrected chi connectivity index (χ4v) is 2.36. The summed E-state index contributed by atoms with van der Waals surface area (Å²) < 4.78 is 0. The summed E-state index contributed by atoms with van der Waals surface area (Å²) >= 11 is 0. The Hall–Kier alpha value is -1.92. The summed E-state index contributed by atoms with van der Waals surface area (Å²) in [6.45, 7) is 3.98. The highest BCUT2D eigenvalue weighted by Gasteiger charge is 2.38. The summed E-state index contributed by atoms with van der Waals surface area (Å²) in [5, 5.41) is 15.6. The Morgan fingerprint density at radius 3 is 2.78 bits per heavy atom. The van der Waals surface area contributed by atoms with Gasteiger partial charge in [-0.25, -0.2) is 9.78 Å². The quantitative estimate of drug-likeness (QED) is 0.795. The maximum absolute atomic E-state index is 12.2. The summed E-state index contributed by atoms with van der Waals surface area (Å²) in [6, 6.07) is -0.787. The molecule has 0 aromatic carbocycles. The molecule has 2 unspecified atom stereocenters. The number of amides is 1. The first kappa shape index (κ1) is 12.5. The number of aryl methyl sites for hydroxylation is 1. The van der Waals surface area contributed by atoms with Crippen LogP contribution in [0, 0.1) is 12.8 Å². The van der Waals surface area contributed by atoms with Crippen LogP contribution in [0.4, 0.5) is 0 Å². The van der Waals surface area contributed by atoms with Crippen LogP contribution in [0.25, 0.3) is 0 Å². The van der Waals surface area contributed by atoms with Crippen molar-refractivity contribution in [3.8, 4) is 0 Å². The second kappa shape index (κ2) is 4.75. The lowest BCUT2D eigenvalue weighted by molar-refractivity contribution is -0.145. The third-order valence-corrected chi connectivity index (χ3v) is 3.24. The van der Waals surface area contributed by atoms with Gasteiger partial charge >= 0.3 is 5.97 Å². The van der Waals surface area contributed by atoms with Gasteiger partial charge in [-0.05, 0) is 25.7 Å². The van der Waals surface area contributed by atoms with Crippen LogP contribution in [-0.4, -0.2) is 49.7 Å². The standard InChI is InChI=1S/C11H16N4O3/c1-6-4-3-5-15(8(6)11(17)18)10(16)9-12-7(2)13-14-9/h6,8H,3-5H2,1-2H3,(H,17,18)(H,12,13,14). The number of aromatic nitrogens is 3. The van der Waals surface area contributed by atoms with Crippen LogP contribution >= 0.6 is 0 Å². The Kier molecular flexibility index (Phi) is 3.31. The molecule has 1 aliphatic rings. The van der Waals surface area contributed by atoms with Gasteiger partial charge in [0.2, 0.25) is 5.82 Å². The van der Waals surface area contributed by atoms with Gasteiger partial charge in [-0.3, -0.25) is 9.89 Å². The Bertz CT molecular complexity index is 471. The van der Waals surface area contributed by atoms with Crippen LogP contribution in [0.3, 0.4) is 0 Å². The number of aromatic amines is 1. The molecule has 1 aromatic heterocycles. The number of hydrogen-bond acceptors (Lipinski definition) is 4. The maximum Gasteiger partial charge on any atom is 0.326 e. The fraction of sp³-hybridized carbons (Fsp3) is 0.636. The van der Waals surface area contributed by atoms with Gasteiger partial charge in [0.25, 0.3) is 5.91 Å². The van der Waals surface area contributed by atoms with Crippen molar-refractivity contribution in [2.75, 3.05) is 6.54 Å². The molecule has 1 aliphatic heterocycles. The van der Waals surface area contributed by atoms with Gasteiger partial charge in [-0.1, -0.05) is 6.92 Å². The lowest BCUT2D eigenvalue weighted by atomic mass is 9.90. The molecule has 0 spiro atoms. The molecule has 1 amide bonds. The van der Waals surface area contributed by atoms with E-state index < -0.39 is 17.9 Å². The number of likely N-dealkylation sites (tertiary alicyclic amines) is 1. The average Bonchev–Trinajstić information content (AvgIpc) is 2.74. The third-order valence-electron chi connectivity index (χ3n) is 3.24. The van der Waals surface area contributed by atoms with E-state index in [1.165, 1.54) is 4.90 Å². The molecule has 7 heteroatoms. The molecule has 0 radical (unpaired) electrons. The van der Waals surface area contributed by atoms with Crippen LogP contribution in [0.5, 0.6) is 0 Å². The van der Waals surface area contributed by atoms with E-state index >= 15 is 0 Å². The lowest BCUT2D eigenvalue weighted by Gasteiger charge is -2.36. The van der Waals surface area contributed by atoms with Crippen molar-refractivity contribution < 1.29 is 14.7 Å². The molecular formula is C11H16N4O3.